The first-order chi connectivity index (χ1) is 7.90. The van der Waals surface area contributed by atoms with Gasteiger partial charge in [0.1, 0.15) is 0 Å². The molecular weight excluding hydrogens is 220 g/mol. The summed E-state index contributed by atoms with van der Waals surface area (Å²) in [6.07, 6.45) is 3.43. The van der Waals surface area contributed by atoms with E-state index < -0.39 is 0 Å². The van der Waals surface area contributed by atoms with Crippen molar-refractivity contribution in [3.8, 4) is 0 Å². The first kappa shape index (κ1) is 12.0. The molecule has 0 bridgehead atoms. The van der Waals surface area contributed by atoms with E-state index in [0.29, 0.717) is 12.0 Å². The molecule has 0 radical (unpaired) electrons. The van der Waals surface area contributed by atoms with E-state index in [1.165, 1.54) is 18.5 Å². The molecule has 0 amide bonds. The number of ether oxygens (including phenoxy) is 1. The predicted octanol–water partition coefficient (Wildman–Crippen LogP) is 2.09. The second-order valence-electron chi connectivity index (χ2n) is 4.32. The standard InChI is InChI=1S/C12H20N2OS/c1-2-12(10-4-6-15-7-10)13-5-3-11-8-16-9-14-11/h8-10,12-13H,2-7H2,1H3. The summed E-state index contributed by atoms with van der Waals surface area (Å²) in [5.74, 6) is 0.709. The fourth-order valence-electron chi connectivity index (χ4n) is 2.26. The van der Waals surface area contributed by atoms with Crippen LogP contribution in [0.5, 0.6) is 0 Å². The maximum Gasteiger partial charge on any atom is 0.0794 e. The van der Waals surface area contributed by atoms with E-state index in [-0.39, 0.29) is 0 Å². The van der Waals surface area contributed by atoms with Gasteiger partial charge in [0, 0.05) is 31.0 Å². The highest BCUT2D eigenvalue weighted by atomic mass is 32.1. The Balaban J connectivity index is 1.70. The van der Waals surface area contributed by atoms with Crippen molar-refractivity contribution in [1.29, 1.82) is 0 Å². The van der Waals surface area contributed by atoms with Gasteiger partial charge in [-0.05, 0) is 18.8 Å². The monoisotopic (exact) mass is 240 g/mol. The summed E-state index contributed by atoms with van der Waals surface area (Å²) >= 11 is 1.67. The molecule has 1 fully saturated rings. The highest BCUT2D eigenvalue weighted by Crippen LogP contribution is 2.18. The van der Waals surface area contributed by atoms with Crippen molar-refractivity contribution in [2.24, 2.45) is 5.92 Å². The summed E-state index contributed by atoms with van der Waals surface area (Å²) in [6, 6.07) is 0.612. The minimum absolute atomic E-state index is 0.612. The van der Waals surface area contributed by atoms with E-state index in [1.807, 2.05) is 5.51 Å². The van der Waals surface area contributed by atoms with Crippen LogP contribution in [0, 0.1) is 5.92 Å². The van der Waals surface area contributed by atoms with E-state index in [0.717, 1.165) is 26.2 Å². The molecular formula is C12H20N2OS. The Labute approximate surface area is 101 Å². The molecule has 0 saturated carbocycles. The Morgan fingerprint density at radius 3 is 3.25 bits per heavy atom. The lowest BCUT2D eigenvalue weighted by atomic mass is 9.97. The fraction of sp³-hybridized carbons (Fsp3) is 0.750. The third-order valence-corrected chi connectivity index (χ3v) is 3.88. The predicted molar refractivity (Wildman–Crippen MR) is 66.8 cm³/mol. The summed E-state index contributed by atoms with van der Waals surface area (Å²) in [4.78, 5) is 4.29. The van der Waals surface area contributed by atoms with Crippen LogP contribution < -0.4 is 5.32 Å². The third-order valence-electron chi connectivity index (χ3n) is 3.24. The van der Waals surface area contributed by atoms with Gasteiger partial charge in [-0.15, -0.1) is 11.3 Å². The second-order valence-corrected chi connectivity index (χ2v) is 5.04. The molecule has 3 nitrogen and oxygen atoms in total. The zero-order valence-electron chi connectivity index (χ0n) is 9.82. The van der Waals surface area contributed by atoms with Crippen molar-refractivity contribution in [1.82, 2.24) is 10.3 Å². The third kappa shape index (κ3) is 3.27. The molecule has 90 valence electrons. The van der Waals surface area contributed by atoms with Crippen LogP contribution >= 0.6 is 11.3 Å². The summed E-state index contributed by atoms with van der Waals surface area (Å²) in [5.41, 5.74) is 3.10. The Morgan fingerprint density at radius 1 is 1.69 bits per heavy atom. The first-order valence-electron chi connectivity index (χ1n) is 6.08. The van der Waals surface area contributed by atoms with Gasteiger partial charge < -0.3 is 10.1 Å². The van der Waals surface area contributed by atoms with Crippen LogP contribution in [0.15, 0.2) is 10.9 Å². The molecule has 2 rings (SSSR count). The van der Waals surface area contributed by atoms with Crippen molar-refractivity contribution in [2.45, 2.75) is 32.2 Å². The van der Waals surface area contributed by atoms with E-state index >= 15 is 0 Å². The van der Waals surface area contributed by atoms with Gasteiger partial charge in [-0.3, -0.25) is 0 Å². The minimum atomic E-state index is 0.612. The average Bonchev–Trinajstić information content (AvgIpc) is 2.96. The van der Waals surface area contributed by atoms with Crippen molar-refractivity contribution < 1.29 is 4.74 Å². The quantitative estimate of drug-likeness (QED) is 0.827. The van der Waals surface area contributed by atoms with Crippen LogP contribution in [-0.4, -0.2) is 30.8 Å². The minimum Gasteiger partial charge on any atom is -0.381 e. The van der Waals surface area contributed by atoms with Gasteiger partial charge in [-0.25, -0.2) is 4.98 Å². The molecule has 4 heteroatoms. The number of hydrogen-bond donors (Lipinski definition) is 1. The highest BCUT2D eigenvalue weighted by Gasteiger charge is 2.23. The van der Waals surface area contributed by atoms with Crippen molar-refractivity contribution >= 4 is 11.3 Å². The van der Waals surface area contributed by atoms with Crippen LogP contribution in [0.25, 0.3) is 0 Å². The molecule has 2 unspecified atom stereocenters. The SMILES string of the molecule is CCC(NCCc1cscn1)C1CCOC1. The maximum absolute atomic E-state index is 5.44. The van der Waals surface area contributed by atoms with Crippen LogP contribution in [0.4, 0.5) is 0 Å². The Hall–Kier alpha value is -0.450. The number of thiazole rings is 1. The number of hydrogen-bond acceptors (Lipinski definition) is 4. The summed E-state index contributed by atoms with van der Waals surface area (Å²) in [5, 5.41) is 5.76. The zero-order chi connectivity index (χ0) is 11.2. The molecule has 2 atom stereocenters. The molecule has 0 aromatic carbocycles. The van der Waals surface area contributed by atoms with E-state index in [2.05, 4.69) is 22.6 Å². The summed E-state index contributed by atoms with van der Waals surface area (Å²) < 4.78 is 5.44. The van der Waals surface area contributed by atoms with Crippen LogP contribution in [0.1, 0.15) is 25.5 Å². The van der Waals surface area contributed by atoms with E-state index in [9.17, 15) is 0 Å². The fourth-order valence-corrected chi connectivity index (χ4v) is 2.85. The lowest BCUT2D eigenvalue weighted by Gasteiger charge is -2.22. The molecule has 1 aromatic rings. The second kappa shape index (κ2) is 6.33. The van der Waals surface area contributed by atoms with Crippen molar-refractivity contribution in [3.05, 3.63) is 16.6 Å². The molecule has 1 saturated heterocycles. The summed E-state index contributed by atoms with van der Waals surface area (Å²) in [7, 11) is 0. The molecule has 2 heterocycles. The lowest BCUT2D eigenvalue weighted by molar-refractivity contribution is 0.176. The number of nitrogens with zero attached hydrogens (tertiary/aromatic N) is 1. The molecule has 0 spiro atoms. The molecule has 1 N–H and O–H groups in total. The topological polar surface area (TPSA) is 34.2 Å². The van der Waals surface area contributed by atoms with Gasteiger partial charge in [0.05, 0.1) is 17.8 Å². The molecule has 16 heavy (non-hydrogen) atoms. The number of rotatable bonds is 6. The Bertz CT molecular complexity index is 283. The largest absolute Gasteiger partial charge is 0.381 e. The van der Waals surface area contributed by atoms with Crippen molar-refractivity contribution in [3.63, 3.8) is 0 Å². The smallest absolute Gasteiger partial charge is 0.0794 e. The normalized spacial score (nSPS) is 22.4. The molecule has 1 aliphatic heterocycles. The van der Waals surface area contributed by atoms with Crippen LogP contribution in [0.2, 0.25) is 0 Å². The van der Waals surface area contributed by atoms with Gasteiger partial charge in [-0.1, -0.05) is 6.92 Å². The molecule has 1 aromatic heterocycles. The van der Waals surface area contributed by atoms with Gasteiger partial charge in [0.2, 0.25) is 0 Å². The Morgan fingerprint density at radius 2 is 2.62 bits per heavy atom. The van der Waals surface area contributed by atoms with Gasteiger partial charge in [0.15, 0.2) is 0 Å². The first-order valence-corrected chi connectivity index (χ1v) is 7.02. The van der Waals surface area contributed by atoms with Gasteiger partial charge in [0.25, 0.3) is 0 Å². The van der Waals surface area contributed by atoms with E-state index in [4.69, 9.17) is 4.74 Å². The highest BCUT2D eigenvalue weighted by molar-refractivity contribution is 7.07. The van der Waals surface area contributed by atoms with Crippen LogP contribution in [-0.2, 0) is 11.2 Å². The maximum atomic E-state index is 5.44. The molecule has 0 aliphatic carbocycles. The number of aromatic nitrogens is 1. The zero-order valence-corrected chi connectivity index (χ0v) is 10.6. The van der Waals surface area contributed by atoms with Crippen LogP contribution in [0.3, 0.4) is 0 Å². The average molecular weight is 240 g/mol. The summed E-state index contributed by atoms with van der Waals surface area (Å²) in [6.45, 7) is 5.15. The number of nitrogens with one attached hydrogen (secondary N) is 1. The van der Waals surface area contributed by atoms with Gasteiger partial charge in [-0.2, -0.15) is 0 Å². The van der Waals surface area contributed by atoms with Crippen molar-refractivity contribution in [2.75, 3.05) is 19.8 Å². The lowest BCUT2D eigenvalue weighted by Crippen LogP contribution is -2.37. The van der Waals surface area contributed by atoms with Gasteiger partial charge >= 0.3 is 0 Å². The Kier molecular flexibility index (Phi) is 4.75. The molecule has 1 aliphatic rings. The van der Waals surface area contributed by atoms with E-state index in [1.54, 1.807) is 11.3 Å².